The van der Waals surface area contributed by atoms with Gasteiger partial charge in [0.05, 0.1) is 11.4 Å². The molecular weight excluding hydrogens is 248 g/mol. The van der Waals surface area contributed by atoms with Crippen molar-refractivity contribution in [3.8, 4) is 11.3 Å². The Morgan fingerprint density at radius 1 is 1.17 bits per heavy atom. The second-order valence-electron chi connectivity index (χ2n) is 4.13. The van der Waals surface area contributed by atoms with Gasteiger partial charge in [-0.3, -0.25) is 9.97 Å². The minimum Gasteiger partial charge on any atom is -0.264 e. The van der Waals surface area contributed by atoms with E-state index in [-0.39, 0.29) is 5.75 Å². The molecule has 18 heavy (non-hydrogen) atoms. The summed E-state index contributed by atoms with van der Waals surface area (Å²) in [5, 5.41) is 0. The lowest BCUT2D eigenvalue weighted by atomic mass is 10.1. The highest BCUT2D eigenvalue weighted by Gasteiger charge is 2.09. The third-order valence-electron chi connectivity index (χ3n) is 2.59. The van der Waals surface area contributed by atoms with Crippen molar-refractivity contribution < 1.29 is 8.42 Å². The van der Waals surface area contributed by atoms with E-state index in [1.54, 1.807) is 18.6 Å². The van der Waals surface area contributed by atoms with Crippen molar-refractivity contribution in [3.05, 3.63) is 48.4 Å². The maximum Gasteiger partial charge on any atom is 0.147 e. The van der Waals surface area contributed by atoms with Gasteiger partial charge in [-0.1, -0.05) is 6.07 Å². The van der Waals surface area contributed by atoms with E-state index >= 15 is 0 Å². The molecule has 2 rings (SSSR count). The van der Waals surface area contributed by atoms with Crippen molar-refractivity contribution in [2.24, 2.45) is 0 Å². The summed E-state index contributed by atoms with van der Waals surface area (Å²) in [6.07, 6.45) is 6.83. The van der Waals surface area contributed by atoms with Gasteiger partial charge < -0.3 is 0 Å². The molecule has 2 aromatic rings. The Morgan fingerprint density at radius 2 is 2.00 bits per heavy atom. The van der Waals surface area contributed by atoms with Crippen LogP contribution in [0.15, 0.2) is 42.9 Å². The third-order valence-corrected chi connectivity index (χ3v) is 3.54. The Kier molecular flexibility index (Phi) is 3.72. The highest BCUT2D eigenvalue weighted by molar-refractivity contribution is 7.90. The minimum absolute atomic E-state index is 0.136. The highest BCUT2D eigenvalue weighted by Crippen LogP contribution is 2.20. The Morgan fingerprint density at radius 3 is 2.67 bits per heavy atom. The van der Waals surface area contributed by atoms with E-state index in [4.69, 9.17) is 0 Å². The molecule has 0 aliphatic heterocycles. The maximum atomic E-state index is 11.2. The van der Waals surface area contributed by atoms with Crippen molar-refractivity contribution in [2.45, 2.75) is 6.42 Å². The average molecular weight is 262 g/mol. The molecule has 0 aromatic carbocycles. The lowest BCUT2D eigenvalue weighted by molar-refractivity contribution is 0.601. The van der Waals surface area contributed by atoms with E-state index in [2.05, 4.69) is 9.97 Å². The molecule has 2 heterocycles. The SMILES string of the molecule is CS(=O)(=O)CCc1ccncc1-c1ccccn1. The van der Waals surface area contributed by atoms with Gasteiger partial charge in [0.15, 0.2) is 0 Å². The number of nitrogens with zero attached hydrogens (tertiary/aromatic N) is 2. The van der Waals surface area contributed by atoms with E-state index in [0.29, 0.717) is 6.42 Å². The van der Waals surface area contributed by atoms with Gasteiger partial charge in [-0.05, 0) is 30.2 Å². The van der Waals surface area contributed by atoms with Crippen LogP contribution in [0.5, 0.6) is 0 Å². The van der Waals surface area contributed by atoms with Crippen molar-refractivity contribution in [1.29, 1.82) is 0 Å². The minimum atomic E-state index is -2.96. The van der Waals surface area contributed by atoms with E-state index < -0.39 is 9.84 Å². The summed E-state index contributed by atoms with van der Waals surface area (Å²) >= 11 is 0. The number of aryl methyl sites for hydroxylation is 1. The van der Waals surface area contributed by atoms with Gasteiger partial charge in [-0.15, -0.1) is 0 Å². The van der Waals surface area contributed by atoms with E-state index in [1.807, 2.05) is 24.3 Å². The molecule has 0 radical (unpaired) electrons. The van der Waals surface area contributed by atoms with Gasteiger partial charge in [0.25, 0.3) is 0 Å². The van der Waals surface area contributed by atoms with Crippen LogP contribution in [-0.4, -0.2) is 30.4 Å². The molecule has 0 N–H and O–H groups in total. The monoisotopic (exact) mass is 262 g/mol. The Balaban J connectivity index is 2.32. The normalized spacial score (nSPS) is 11.4. The standard InChI is InChI=1S/C13H14N2O2S/c1-18(16,17)9-6-11-5-8-14-10-12(11)13-4-2-3-7-15-13/h2-5,7-8,10H,6,9H2,1H3. The van der Waals surface area contributed by atoms with Crippen LogP contribution < -0.4 is 0 Å². The van der Waals surface area contributed by atoms with Crippen molar-refractivity contribution >= 4 is 9.84 Å². The second-order valence-corrected chi connectivity index (χ2v) is 6.39. The number of sulfone groups is 1. The first-order valence-electron chi connectivity index (χ1n) is 5.58. The molecule has 5 heteroatoms. The van der Waals surface area contributed by atoms with Crippen LogP contribution in [0.3, 0.4) is 0 Å². The summed E-state index contributed by atoms with van der Waals surface area (Å²) in [7, 11) is -2.96. The van der Waals surface area contributed by atoms with Crippen molar-refractivity contribution in [1.82, 2.24) is 9.97 Å². The Labute approximate surface area is 107 Å². The number of hydrogen-bond acceptors (Lipinski definition) is 4. The van der Waals surface area contributed by atoms with Gasteiger partial charge >= 0.3 is 0 Å². The van der Waals surface area contributed by atoms with E-state index in [9.17, 15) is 8.42 Å². The van der Waals surface area contributed by atoms with Crippen LogP contribution in [0.25, 0.3) is 11.3 Å². The largest absolute Gasteiger partial charge is 0.264 e. The first kappa shape index (κ1) is 12.7. The van der Waals surface area contributed by atoms with Crippen LogP contribution in [0.1, 0.15) is 5.56 Å². The number of pyridine rings is 2. The van der Waals surface area contributed by atoms with Crippen LogP contribution >= 0.6 is 0 Å². The molecule has 0 unspecified atom stereocenters. The summed E-state index contributed by atoms with van der Waals surface area (Å²) in [6.45, 7) is 0. The number of hydrogen-bond donors (Lipinski definition) is 0. The fraction of sp³-hybridized carbons (Fsp3) is 0.231. The first-order chi connectivity index (χ1) is 8.56. The van der Waals surface area contributed by atoms with Gasteiger partial charge in [0.1, 0.15) is 9.84 Å². The summed E-state index contributed by atoms with van der Waals surface area (Å²) < 4.78 is 22.4. The smallest absolute Gasteiger partial charge is 0.147 e. The van der Waals surface area contributed by atoms with Gasteiger partial charge in [-0.2, -0.15) is 0 Å². The summed E-state index contributed by atoms with van der Waals surface area (Å²) in [4.78, 5) is 8.34. The van der Waals surface area contributed by atoms with E-state index in [0.717, 1.165) is 16.8 Å². The lowest BCUT2D eigenvalue weighted by Gasteiger charge is -2.07. The highest BCUT2D eigenvalue weighted by atomic mass is 32.2. The third kappa shape index (κ3) is 3.37. The first-order valence-corrected chi connectivity index (χ1v) is 7.64. The van der Waals surface area contributed by atoms with Crippen LogP contribution in [0, 0.1) is 0 Å². The Hall–Kier alpha value is -1.75. The van der Waals surface area contributed by atoms with Crippen molar-refractivity contribution in [2.75, 3.05) is 12.0 Å². The van der Waals surface area contributed by atoms with Crippen LogP contribution in [0.4, 0.5) is 0 Å². The zero-order valence-electron chi connectivity index (χ0n) is 10.1. The topological polar surface area (TPSA) is 59.9 Å². The molecule has 0 spiro atoms. The molecule has 0 aliphatic carbocycles. The molecule has 0 amide bonds. The lowest BCUT2D eigenvalue weighted by Crippen LogP contribution is -2.07. The molecule has 4 nitrogen and oxygen atoms in total. The maximum absolute atomic E-state index is 11.2. The zero-order chi connectivity index (χ0) is 13.0. The summed E-state index contributed by atoms with van der Waals surface area (Å²) in [5.41, 5.74) is 2.66. The fourth-order valence-electron chi connectivity index (χ4n) is 1.69. The fourth-order valence-corrected chi connectivity index (χ4v) is 2.28. The Bertz CT molecular complexity index is 624. The average Bonchev–Trinajstić information content (AvgIpc) is 2.37. The number of rotatable bonds is 4. The molecule has 94 valence electrons. The van der Waals surface area contributed by atoms with Crippen LogP contribution in [0.2, 0.25) is 0 Å². The predicted molar refractivity (Wildman–Crippen MR) is 70.9 cm³/mol. The van der Waals surface area contributed by atoms with Gasteiger partial charge in [0.2, 0.25) is 0 Å². The molecule has 0 fully saturated rings. The molecule has 0 saturated heterocycles. The van der Waals surface area contributed by atoms with Gasteiger partial charge in [-0.25, -0.2) is 8.42 Å². The molecule has 0 bridgehead atoms. The molecular formula is C13H14N2O2S. The van der Waals surface area contributed by atoms with Crippen molar-refractivity contribution in [3.63, 3.8) is 0 Å². The molecule has 0 atom stereocenters. The predicted octanol–water partition coefficient (Wildman–Crippen LogP) is 1.73. The summed E-state index contributed by atoms with van der Waals surface area (Å²) in [5.74, 6) is 0.136. The number of aromatic nitrogens is 2. The van der Waals surface area contributed by atoms with E-state index in [1.165, 1.54) is 6.26 Å². The van der Waals surface area contributed by atoms with Gasteiger partial charge in [0, 0.05) is 30.4 Å². The summed E-state index contributed by atoms with van der Waals surface area (Å²) in [6, 6.07) is 7.47. The molecule has 0 saturated carbocycles. The molecule has 0 aliphatic rings. The second kappa shape index (κ2) is 5.27. The molecule has 2 aromatic heterocycles. The van der Waals surface area contributed by atoms with Crippen LogP contribution in [-0.2, 0) is 16.3 Å². The quantitative estimate of drug-likeness (QED) is 0.842. The zero-order valence-corrected chi connectivity index (χ0v) is 10.9.